The van der Waals surface area contributed by atoms with Gasteiger partial charge in [-0.1, -0.05) is 0 Å². The Morgan fingerprint density at radius 3 is 2.75 bits per heavy atom. The van der Waals surface area contributed by atoms with Crippen LogP contribution in [0.25, 0.3) is 11.3 Å². The molecule has 2 aliphatic rings. The molecule has 1 aromatic heterocycles. The molecule has 0 aliphatic carbocycles. The summed E-state index contributed by atoms with van der Waals surface area (Å²) >= 11 is 0. The monoisotopic (exact) mass is 390 g/mol. The van der Waals surface area contributed by atoms with Gasteiger partial charge in [0.25, 0.3) is 0 Å². The van der Waals surface area contributed by atoms with E-state index in [2.05, 4.69) is 14.9 Å². The van der Waals surface area contributed by atoms with Crippen molar-refractivity contribution < 1.29 is 18.3 Å². The number of halogens is 2. The van der Waals surface area contributed by atoms with Crippen LogP contribution in [0.15, 0.2) is 24.4 Å². The quantitative estimate of drug-likeness (QED) is 0.876. The number of hydrogen-bond donors (Lipinski definition) is 1. The summed E-state index contributed by atoms with van der Waals surface area (Å²) in [5.41, 5.74) is 0.808. The van der Waals surface area contributed by atoms with E-state index in [0.29, 0.717) is 30.8 Å². The number of nitrogens with one attached hydrogen (secondary N) is 1. The number of benzene rings is 1. The Hall–Kier alpha value is -2.32. The highest BCUT2D eigenvalue weighted by Crippen LogP contribution is 2.30. The molecule has 4 rings (SSSR count). The van der Waals surface area contributed by atoms with Gasteiger partial charge >= 0.3 is 0 Å². The van der Waals surface area contributed by atoms with E-state index >= 15 is 0 Å². The standard InChI is InChI=1S/C20H24F2N4O2/c1-13(27)25-6-4-15(5-7-25)26-8-9-28-12-19(26)20-23-11-18(24-20)16-3-2-14(21)10-17(16)22/h2-3,10-11,15,19H,4-9,12H2,1H3,(H,23,24)/t19-/m0/s1. The largest absolute Gasteiger partial charge is 0.378 e. The lowest BCUT2D eigenvalue weighted by atomic mass is 10.00. The minimum Gasteiger partial charge on any atom is -0.378 e. The predicted molar refractivity (Wildman–Crippen MR) is 99.5 cm³/mol. The molecule has 0 radical (unpaired) electrons. The molecule has 28 heavy (non-hydrogen) atoms. The summed E-state index contributed by atoms with van der Waals surface area (Å²) < 4.78 is 33.0. The maximum Gasteiger partial charge on any atom is 0.219 e. The van der Waals surface area contributed by atoms with Gasteiger partial charge in [0, 0.05) is 44.2 Å². The number of nitrogens with zero attached hydrogens (tertiary/aromatic N) is 3. The number of aromatic amines is 1. The van der Waals surface area contributed by atoms with Crippen molar-refractivity contribution >= 4 is 5.91 Å². The molecule has 2 fully saturated rings. The number of carbonyl (C=O) groups excluding carboxylic acids is 1. The number of rotatable bonds is 3. The molecule has 2 aliphatic heterocycles. The Morgan fingerprint density at radius 2 is 2.04 bits per heavy atom. The highest BCUT2D eigenvalue weighted by molar-refractivity contribution is 5.73. The zero-order valence-electron chi connectivity index (χ0n) is 15.8. The molecule has 3 heterocycles. The highest BCUT2D eigenvalue weighted by atomic mass is 19.1. The third-order valence-electron chi connectivity index (χ3n) is 5.68. The fourth-order valence-corrected chi connectivity index (χ4v) is 4.15. The van der Waals surface area contributed by atoms with Crippen molar-refractivity contribution in [1.82, 2.24) is 19.8 Å². The van der Waals surface area contributed by atoms with E-state index < -0.39 is 11.6 Å². The van der Waals surface area contributed by atoms with Crippen LogP contribution in [0.5, 0.6) is 0 Å². The van der Waals surface area contributed by atoms with Crippen LogP contribution in [0.4, 0.5) is 8.78 Å². The Bertz CT molecular complexity index is 848. The van der Waals surface area contributed by atoms with Crippen molar-refractivity contribution in [3.63, 3.8) is 0 Å². The number of carbonyl (C=O) groups is 1. The molecule has 6 nitrogen and oxygen atoms in total. The van der Waals surface area contributed by atoms with Gasteiger partial charge in [0.1, 0.15) is 17.5 Å². The zero-order chi connectivity index (χ0) is 19.7. The number of piperidine rings is 1. The molecule has 2 aromatic rings. The molecule has 0 bridgehead atoms. The average Bonchev–Trinajstić information content (AvgIpc) is 3.18. The number of likely N-dealkylation sites (tertiary alicyclic amines) is 1. The molecular weight excluding hydrogens is 366 g/mol. The van der Waals surface area contributed by atoms with Gasteiger partial charge in [0.05, 0.1) is 31.1 Å². The van der Waals surface area contributed by atoms with Gasteiger partial charge < -0.3 is 14.6 Å². The van der Waals surface area contributed by atoms with Gasteiger partial charge in [-0.3, -0.25) is 9.69 Å². The Balaban J connectivity index is 1.52. The van der Waals surface area contributed by atoms with Crippen LogP contribution in [0.3, 0.4) is 0 Å². The molecule has 0 unspecified atom stereocenters. The van der Waals surface area contributed by atoms with Gasteiger partial charge in [-0.05, 0) is 25.0 Å². The van der Waals surface area contributed by atoms with Crippen LogP contribution in [0.1, 0.15) is 31.6 Å². The minimum atomic E-state index is -0.622. The third-order valence-corrected chi connectivity index (χ3v) is 5.68. The number of morpholine rings is 1. The number of hydrogen-bond acceptors (Lipinski definition) is 4. The van der Waals surface area contributed by atoms with Crippen molar-refractivity contribution in [3.05, 3.63) is 41.9 Å². The number of amides is 1. The fourth-order valence-electron chi connectivity index (χ4n) is 4.15. The molecular formula is C20H24F2N4O2. The Labute approximate surface area is 162 Å². The summed E-state index contributed by atoms with van der Waals surface area (Å²) in [5, 5.41) is 0. The van der Waals surface area contributed by atoms with Gasteiger partial charge in [0.2, 0.25) is 5.91 Å². The molecule has 150 valence electrons. The summed E-state index contributed by atoms with van der Waals surface area (Å²) in [6.07, 6.45) is 3.41. The van der Waals surface area contributed by atoms with E-state index in [-0.39, 0.29) is 17.5 Å². The second-order valence-corrected chi connectivity index (χ2v) is 7.37. The lowest BCUT2D eigenvalue weighted by molar-refractivity contribution is -0.131. The van der Waals surface area contributed by atoms with Gasteiger partial charge in [-0.25, -0.2) is 13.8 Å². The second-order valence-electron chi connectivity index (χ2n) is 7.37. The second kappa shape index (κ2) is 7.97. The topological polar surface area (TPSA) is 61.5 Å². The first-order valence-electron chi connectivity index (χ1n) is 9.62. The van der Waals surface area contributed by atoms with E-state index in [0.717, 1.165) is 38.5 Å². The lowest BCUT2D eigenvalue weighted by Gasteiger charge is -2.43. The SMILES string of the molecule is CC(=O)N1CCC(N2CCOC[C@H]2c2ncc(-c3ccc(F)cc3F)[nH]2)CC1. The maximum absolute atomic E-state index is 14.1. The summed E-state index contributed by atoms with van der Waals surface area (Å²) in [7, 11) is 0. The smallest absolute Gasteiger partial charge is 0.219 e. The van der Waals surface area contributed by atoms with Crippen molar-refractivity contribution in [3.8, 4) is 11.3 Å². The van der Waals surface area contributed by atoms with Crippen molar-refractivity contribution in [2.45, 2.75) is 31.8 Å². The van der Waals surface area contributed by atoms with Crippen LogP contribution in [-0.2, 0) is 9.53 Å². The van der Waals surface area contributed by atoms with Crippen molar-refractivity contribution in [2.75, 3.05) is 32.8 Å². The highest BCUT2D eigenvalue weighted by Gasteiger charge is 2.34. The number of H-pyrrole nitrogens is 1. The van der Waals surface area contributed by atoms with Crippen molar-refractivity contribution in [2.24, 2.45) is 0 Å². The molecule has 2 saturated heterocycles. The van der Waals surface area contributed by atoms with Crippen LogP contribution < -0.4 is 0 Å². The lowest BCUT2D eigenvalue weighted by Crippen LogP contribution is -2.51. The predicted octanol–water partition coefficient (Wildman–Crippen LogP) is 2.74. The first-order valence-corrected chi connectivity index (χ1v) is 9.62. The molecule has 1 N–H and O–H groups in total. The summed E-state index contributed by atoms with van der Waals surface area (Å²) in [6.45, 7) is 5.07. The number of aromatic nitrogens is 2. The summed E-state index contributed by atoms with van der Waals surface area (Å²) in [5.74, 6) is -0.394. The zero-order valence-corrected chi connectivity index (χ0v) is 15.8. The molecule has 1 aromatic carbocycles. The molecule has 0 spiro atoms. The summed E-state index contributed by atoms with van der Waals surface area (Å²) in [4.78, 5) is 23.5. The van der Waals surface area contributed by atoms with Crippen LogP contribution in [0, 0.1) is 11.6 Å². The van der Waals surface area contributed by atoms with E-state index in [1.807, 2.05) is 4.90 Å². The summed E-state index contributed by atoms with van der Waals surface area (Å²) in [6, 6.07) is 3.81. The van der Waals surface area contributed by atoms with Crippen LogP contribution >= 0.6 is 0 Å². The molecule has 1 atom stereocenters. The molecule has 1 amide bonds. The Morgan fingerprint density at radius 1 is 1.25 bits per heavy atom. The van der Waals surface area contributed by atoms with Gasteiger partial charge in [0.15, 0.2) is 0 Å². The van der Waals surface area contributed by atoms with E-state index in [9.17, 15) is 13.6 Å². The maximum atomic E-state index is 14.1. The van der Waals surface area contributed by atoms with Crippen LogP contribution in [-0.4, -0.2) is 64.6 Å². The van der Waals surface area contributed by atoms with E-state index in [1.165, 1.54) is 12.1 Å². The van der Waals surface area contributed by atoms with Gasteiger partial charge in [-0.15, -0.1) is 0 Å². The first-order chi connectivity index (χ1) is 13.5. The number of ether oxygens (including phenoxy) is 1. The van der Waals surface area contributed by atoms with Crippen LogP contribution in [0.2, 0.25) is 0 Å². The first kappa shape index (κ1) is 19.0. The van der Waals surface area contributed by atoms with E-state index in [1.54, 1.807) is 13.1 Å². The molecule has 8 heteroatoms. The molecule has 0 saturated carbocycles. The third kappa shape index (κ3) is 3.79. The normalized spacial score (nSPS) is 21.8. The van der Waals surface area contributed by atoms with Gasteiger partial charge in [-0.2, -0.15) is 0 Å². The fraction of sp³-hybridized carbons (Fsp3) is 0.500. The number of imidazole rings is 1. The minimum absolute atomic E-state index is 0.0557. The Kier molecular flexibility index (Phi) is 5.41. The van der Waals surface area contributed by atoms with Crippen molar-refractivity contribution in [1.29, 1.82) is 0 Å². The average molecular weight is 390 g/mol. The van der Waals surface area contributed by atoms with E-state index in [4.69, 9.17) is 4.74 Å².